The molecule has 10 heteroatoms. The highest BCUT2D eigenvalue weighted by Crippen LogP contribution is 2.37. The zero-order valence-corrected chi connectivity index (χ0v) is 18.7. The van der Waals surface area contributed by atoms with Crippen molar-refractivity contribution in [1.29, 1.82) is 0 Å². The number of rotatable bonds is 9. The summed E-state index contributed by atoms with van der Waals surface area (Å²) >= 11 is 0. The number of phosphoric ester groups is 1. The van der Waals surface area contributed by atoms with Crippen molar-refractivity contribution >= 4 is 13.6 Å². The van der Waals surface area contributed by atoms with Crippen molar-refractivity contribution in [3.63, 3.8) is 0 Å². The molecule has 9 nitrogen and oxygen atoms in total. The first-order valence-corrected chi connectivity index (χ1v) is 11.5. The number of nitrogens with two attached hydrogens (primary N) is 1. The Balaban J connectivity index is 1.42. The minimum absolute atomic E-state index is 0.0615. The van der Waals surface area contributed by atoms with Crippen LogP contribution in [-0.4, -0.2) is 17.2 Å². The van der Waals surface area contributed by atoms with Crippen LogP contribution in [0.5, 0.6) is 5.75 Å². The number of nitrogen functional groups attached to an aromatic ring is 1. The summed E-state index contributed by atoms with van der Waals surface area (Å²) in [6, 6.07) is 22.8. The Morgan fingerprint density at radius 2 is 1.82 bits per heavy atom. The second kappa shape index (κ2) is 9.87. The normalized spacial score (nSPS) is 12.8. The number of benzene rings is 2. The molecule has 0 saturated heterocycles. The summed E-state index contributed by atoms with van der Waals surface area (Å²) in [6.45, 7) is 0.505. The van der Waals surface area contributed by atoms with Gasteiger partial charge in [-0.3, -0.25) is 15.2 Å². The van der Waals surface area contributed by atoms with E-state index in [2.05, 4.69) is 9.68 Å². The molecule has 1 unspecified atom stereocenters. The van der Waals surface area contributed by atoms with Crippen LogP contribution in [0.1, 0.15) is 16.8 Å². The molecule has 1 atom stereocenters. The molecule has 4 aromatic rings. The molecule has 2 heterocycles. The third kappa shape index (κ3) is 5.78. The van der Waals surface area contributed by atoms with E-state index in [1.54, 1.807) is 18.2 Å². The van der Waals surface area contributed by atoms with Gasteiger partial charge in [0, 0.05) is 19.6 Å². The van der Waals surface area contributed by atoms with Crippen LogP contribution in [0.3, 0.4) is 0 Å². The van der Waals surface area contributed by atoms with Gasteiger partial charge in [0.15, 0.2) is 5.76 Å². The number of hydrogen-bond donors (Lipinski definition) is 2. The van der Waals surface area contributed by atoms with Crippen LogP contribution < -0.4 is 19.8 Å². The van der Waals surface area contributed by atoms with E-state index in [0.717, 1.165) is 28.7 Å². The van der Waals surface area contributed by atoms with Gasteiger partial charge in [-0.2, -0.15) is 0 Å². The van der Waals surface area contributed by atoms with Gasteiger partial charge in [-0.25, -0.2) is 9.19 Å². The summed E-state index contributed by atoms with van der Waals surface area (Å²) in [6.07, 6.45) is 1.93. The highest BCUT2D eigenvalue weighted by Gasteiger charge is 2.27. The fraction of sp³-hybridized carbons (Fsp3) is 0.130. The highest BCUT2D eigenvalue weighted by atomic mass is 31.2. The molecule has 3 N–H and O–H groups in total. The maximum Gasteiger partial charge on any atom is 0.563 e. The molecule has 0 amide bonds. The molecular weight excluding hydrogens is 445 g/mol. The Bertz CT molecular complexity index is 1260. The van der Waals surface area contributed by atoms with E-state index in [4.69, 9.17) is 19.6 Å². The van der Waals surface area contributed by atoms with Crippen molar-refractivity contribution in [3.8, 4) is 17.1 Å². The van der Waals surface area contributed by atoms with Crippen molar-refractivity contribution in [2.75, 3.05) is 12.8 Å². The second-order valence-electron chi connectivity index (χ2n) is 7.14. The molecule has 0 aliphatic rings. The van der Waals surface area contributed by atoms with Gasteiger partial charge in [-0.1, -0.05) is 47.6 Å². The maximum atomic E-state index is 11.7. The zero-order valence-electron chi connectivity index (χ0n) is 17.8. The number of hydrogen-bond acceptors (Lipinski definition) is 7. The molecule has 170 valence electrons. The quantitative estimate of drug-likeness (QED) is 0.283. The van der Waals surface area contributed by atoms with Crippen molar-refractivity contribution in [3.05, 3.63) is 95.8 Å². The molecule has 2 aromatic carbocycles. The van der Waals surface area contributed by atoms with Crippen molar-refractivity contribution in [2.24, 2.45) is 0 Å². The van der Waals surface area contributed by atoms with Crippen molar-refractivity contribution in [1.82, 2.24) is 5.16 Å². The number of nitrogens with zero attached hydrogens (tertiary/aromatic N) is 2. The predicted octanol–water partition coefficient (Wildman–Crippen LogP) is 3.56. The molecule has 0 fully saturated rings. The van der Waals surface area contributed by atoms with Crippen molar-refractivity contribution < 1.29 is 32.6 Å². The summed E-state index contributed by atoms with van der Waals surface area (Å²) in [4.78, 5) is 9.53. The average Bonchev–Trinajstić information content (AvgIpc) is 3.29. The third-order valence-corrected chi connectivity index (χ3v) is 5.64. The molecule has 0 aliphatic carbocycles. The van der Waals surface area contributed by atoms with Crippen LogP contribution in [0, 0.1) is 0 Å². The lowest BCUT2D eigenvalue weighted by Crippen LogP contribution is -2.43. The fourth-order valence-electron chi connectivity index (χ4n) is 3.10. The lowest BCUT2D eigenvalue weighted by molar-refractivity contribution is -0.848. The standard InChI is InChI=1S/C23H22N3O6P/c1-29-33(27,28)32-26-13-5-8-21(23(26)24)22-15-19(25-31-22)14-17-9-11-20(12-10-17)30-16-18-6-3-2-4-7-18/h2-13,15,24H,14,16H2,1H3,(H,27,28)/p+1. The minimum Gasteiger partial charge on any atom is -0.489 e. The summed E-state index contributed by atoms with van der Waals surface area (Å²) in [5.41, 5.74) is 9.36. The number of ether oxygens (including phenoxy) is 1. The number of anilines is 1. The monoisotopic (exact) mass is 468 g/mol. The molecule has 0 radical (unpaired) electrons. The number of phosphoric acid groups is 1. The van der Waals surface area contributed by atoms with Crippen LogP contribution >= 0.6 is 7.82 Å². The van der Waals surface area contributed by atoms with Gasteiger partial charge in [0.2, 0.25) is 0 Å². The summed E-state index contributed by atoms with van der Waals surface area (Å²) in [5.74, 6) is 1.24. The van der Waals surface area contributed by atoms with Gasteiger partial charge in [-0.15, -0.1) is 0 Å². The van der Waals surface area contributed by atoms with Gasteiger partial charge < -0.3 is 9.26 Å². The first-order valence-electron chi connectivity index (χ1n) is 10.0. The molecule has 33 heavy (non-hydrogen) atoms. The van der Waals surface area contributed by atoms with E-state index in [0.29, 0.717) is 30.0 Å². The van der Waals surface area contributed by atoms with Gasteiger partial charge in [-0.05, 0) is 40.1 Å². The Morgan fingerprint density at radius 3 is 2.55 bits per heavy atom. The Hall–Kier alpha value is -3.65. The molecule has 0 bridgehead atoms. The van der Waals surface area contributed by atoms with E-state index in [-0.39, 0.29) is 5.82 Å². The largest absolute Gasteiger partial charge is 0.563 e. The van der Waals surface area contributed by atoms with Gasteiger partial charge in [0.05, 0.1) is 5.69 Å². The number of aromatic nitrogens is 2. The summed E-state index contributed by atoms with van der Waals surface area (Å²) in [7, 11) is -3.21. The van der Waals surface area contributed by atoms with Crippen LogP contribution in [0.15, 0.2) is 83.5 Å². The Kier molecular flexibility index (Phi) is 6.74. The van der Waals surface area contributed by atoms with Gasteiger partial charge in [0.1, 0.15) is 24.1 Å². The molecule has 0 aliphatic heterocycles. The van der Waals surface area contributed by atoms with E-state index in [1.165, 1.54) is 6.20 Å². The lowest BCUT2D eigenvalue weighted by Gasteiger charge is -2.08. The van der Waals surface area contributed by atoms with E-state index >= 15 is 0 Å². The van der Waals surface area contributed by atoms with Crippen LogP contribution in [0.2, 0.25) is 0 Å². The molecule has 2 aromatic heterocycles. The van der Waals surface area contributed by atoms with E-state index in [1.807, 2.05) is 54.6 Å². The zero-order chi connectivity index (χ0) is 23.3. The first kappa shape index (κ1) is 22.5. The van der Waals surface area contributed by atoms with Crippen LogP contribution in [-0.2, 0) is 22.1 Å². The molecule has 4 rings (SSSR count). The molecule has 0 saturated carbocycles. The van der Waals surface area contributed by atoms with E-state index in [9.17, 15) is 9.46 Å². The third-order valence-electron chi connectivity index (χ3n) is 4.80. The van der Waals surface area contributed by atoms with Crippen LogP contribution in [0.4, 0.5) is 5.82 Å². The first-order chi connectivity index (χ1) is 15.9. The smallest absolute Gasteiger partial charge is 0.489 e. The predicted molar refractivity (Wildman–Crippen MR) is 120 cm³/mol. The van der Waals surface area contributed by atoms with Crippen molar-refractivity contribution in [2.45, 2.75) is 13.0 Å². The highest BCUT2D eigenvalue weighted by molar-refractivity contribution is 7.47. The Morgan fingerprint density at radius 1 is 1.06 bits per heavy atom. The minimum atomic E-state index is -4.27. The lowest BCUT2D eigenvalue weighted by atomic mass is 10.1. The average molecular weight is 468 g/mol. The number of pyridine rings is 1. The van der Waals surface area contributed by atoms with Gasteiger partial charge in [0.25, 0.3) is 0 Å². The fourth-order valence-corrected chi connectivity index (χ4v) is 3.53. The van der Waals surface area contributed by atoms with Gasteiger partial charge >= 0.3 is 13.6 Å². The topological polar surface area (TPSA) is 121 Å². The summed E-state index contributed by atoms with van der Waals surface area (Å²) < 4.78 is 33.2. The summed E-state index contributed by atoms with van der Waals surface area (Å²) in [5, 5.41) is 4.11. The molecule has 0 spiro atoms. The SMILES string of the molecule is COP(=O)(O)O[n+]1cccc(-c2cc(Cc3ccc(OCc4ccccc4)cc3)no2)c1N. The van der Waals surface area contributed by atoms with E-state index < -0.39 is 7.82 Å². The molecular formula is C23H23N3O6P+. The maximum absolute atomic E-state index is 11.7. The second-order valence-corrected chi connectivity index (χ2v) is 8.61. The Labute approximate surface area is 190 Å². The van der Waals surface area contributed by atoms with Crippen LogP contribution in [0.25, 0.3) is 11.3 Å².